The molecule has 0 amide bonds. The molecule has 0 bridgehead atoms. The predicted octanol–water partition coefficient (Wildman–Crippen LogP) is 1.37. The number of hydrogen-bond acceptors (Lipinski definition) is 3. The third kappa shape index (κ3) is 4.77. The SMILES string of the molecule is CCNC(CCc1cnn(C)c1)COCC. The molecule has 4 heteroatoms. The molecule has 0 aliphatic heterocycles. The number of nitrogens with one attached hydrogen (secondary N) is 1. The van der Waals surface area contributed by atoms with Gasteiger partial charge in [0, 0.05) is 25.9 Å². The van der Waals surface area contributed by atoms with Crippen molar-refractivity contribution in [2.75, 3.05) is 19.8 Å². The van der Waals surface area contributed by atoms with E-state index in [-0.39, 0.29) is 0 Å². The lowest BCUT2D eigenvalue weighted by molar-refractivity contribution is 0.120. The second-order valence-electron chi connectivity index (χ2n) is 3.97. The molecule has 1 aromatic rings. The Morgan fingerprint density at radius 2 is 2.31 bits per heavy atom. The van der Waals surface area contributed by atoms with Crippen molar-refractivity contribution in [1.29, 1.82) is 0 Å². The minimum absolute atomic E-state index is 0.449. The molecule has 1 heterocycles. The highest BCUT2D eigenvalue weighted by atomic mass is 16.5. The van der Waals surface area contributed by atoms with E-state index in [0.29, 0.717) is 6.04 Å². The first-order valence-corrected chi connectivity index (χ1v) is 6.04. The summed E-state index contributed by atoms with van der Waals surface area (Å²) in [5, 5.41) is 7.61. The molecule has 1 unspecified atom stereocenters. The third-order valence-corrected chi connectivity index (χ3v) is 2.56. The van der Waals surface area contributed by atoms with E-state index in [1.807, 2.05) is 24.9 Å². The normalized spacial score (nSPS) is 12.9. The van der Waals surface area contributed by atoms with E-state index in [1.165, 1.54) is 5.56 Å². The molecule has 92 valence electrons. The molecule has 0 spiro atoms. The van der Waals surface area contributed by atoms with Gasteiger partial charge in [-0.05, 0) is 31.9 Å². The van der Waals surface area contributed by atoms with E-state index in [4.69, 9.17) is 4.74 Å². The molecule has 0 aromatic carbocycles. The van der Waals surface area contributed by atoms with E-state index in [0.717, 1.165) is 32.6 Å². The second-order valence-corrected chi connectivity index (χ2v) is 3.97. The van der Waals surface area contributed by atoms with Gasteiger partial charge >= 0.3 is 0 Å². The maximum absolute atomic E-state index is 5.46. The molecule has 1 aromatic heterocycles. The molecular weight excluding hydrogens is 202 g/mol. The summed E-state index contributed by atoms with van der Waals surface area (Å²) in [5.41, 5.74) is 1.29. The van der Waals surface area contributed by atoms with Crippen LogP contribution in [0.3, 0.4) is 0 Å². The summed E-state index contributed by atoms with van der Waals surface area (Å²) in [6.07, 6.45) is 6.16. The lowest BCUT2D eigenvalue weighted by Crippen LogP contribution is -2.33. The molecular formula is C12H23N3O. The largest absolute Gasteiger partial charge is 0.380 e. The highest BCUT2D eigenvalue weighted by molar-refractivity contribution is 5.03. The van der Waals surface area contributed by atoms with Gasteiger partial charge in [-0.25, -0.2) is 0 Å². The van der Waals surface area contributed by atoms with Gasteiger partial charge in [-0.15, -0.1) is 0 Å². The zero-order valence-corrected chi connectivity index (χ0v) is 10.6. The summed E-state index contributed by atoms with van der Waals surface area (Å²) in [5.74, 6) is 0. The van der Waals surface area contributed by atoms with Crippen LogP contribution in [0.15, 0.2) is 12.4 Å². The van der Waals surface area contributed by atoms with Gasteiger partial charge in [0.05, 0.1) is 12.8 Å². The smallest absolute Gasteiger partial charge is 0.0619 e. The standard InChI is InChI=1S/C12H23N3O/c1-4-13-12(10-16-5-2)7-6-11-8-14-15(3)9-11/h8-9,12-13H,4-7,10H2,1-3H3. The quantitative estimate of drug-likeness (QED) is 0.726. The lowest BCUT2D eigenvalue weighted by Gasteiger charge is -2.16. The van der Waals surface area contributed by atoms with Crippen LogP contribution in [0.5, 0.6) is 0 Å². The molecule has 0 saturated carbocycles. The zero-order chi connectivity index (χ0) is 11.8. The van der Waals surface area contributed by atoms with Crippen molar-refractivity contribution in [3.8, 4) is 0 Å². The summed E-state index contributed by atoms with van der Waals surface area (Å²) < 4.78 is 7.31. The van der Waals surface area contributed by atoms with E-state index in [1.54, 1.807) is 0 Å². The highest BCUT2D eigenvalue weighted by Gasteiger charge is 2.07. The predicted molar refractivity (Wildman–Crippen MR) is 65.5 cm³/mol. The summed E-state index contributed by atoms with van der Waals surface area (Å²) >= 11 is 0. The number of rotatable bonds is 8. The van der Waals surface area contributed by atoms with Gasteiger partial charge in [0.1, 0.15) is 0 Å². The summed E-state index contributed by atoms with van der Waals surface area (Å²) in [7, 11) is 1.95. The van der Waals surface area contributed by atoms with Gasteiger partial charge in [0.15, 0.2) is 0 Å². The maximum Gasteiger partial charge on any atom is 0.0619 e. The first-order chi connectivity index (χ1) is 7.76. The van der Waals surface area contributed by atoms with Crippen molar-refractivity contribution in [2.24, 2.45) is 7.05 Å². The molecule has 0 aliphatic rings. The van der Waals surface area contributed by atoms with Gasteiger partial charge in [0.25, 0.3) is 0 Å². The van der Waals surface area contributed by atoms with Crippen LogP contribution in [-0.4, -0.2) is 35.6 Å². The van der Waals surface area contributed by atoms with Crippen molar-refractivity contribution >= 4 is 0 Å². The Bertz CT molecular complexity index is 286. The summed E-state index contributed by atoms with van der Waals surface area (Å²) in [6.45, 7) is 6.73. The van der Waals surface area contributed by atoms with E-state index < -0.39 is 0 Å². The van der Waals surface area contributed by atoms with Crippen LogP contribution in [0.25, 0.3) is 0 Å². The second kappa shape index (κ2) is 7.41. The highest BCUT2D eigenvalue weighted by Crippen LogP contribution is 2.04. The van der Waals surface area contributed by atoms with Crippen molar-refractivity contribution in [1.82, 2.24) is 15.1 Å². The average molecular weight is 225 g/mol. The van der Waals surface area contributed by atoms with Crippen LogP contribution >= 0.6 is 0 Å². The molecule has 16 heavy (non-hydrogen) atoms. The van der Waals surface area contributed by atoms with E-state index in [9.17, 15) is 0 Å². The number of ether oxygens (including phenoxy) is 1. The van der Waals surface area contributed by atoms with E-state index >= 15 is 0 Å². The molecule has 1 rings (SSSR count). The average Bonchev–Trinajstić information content (AvgIpc) is 2.68. The van der Waals surface area contributed by atoms with Gasteiger partial charge in [-0.2, -0.15) is 5.10 Å². The van der Waals surface area contributed by atoms with Crippen LogP contribution in [0.2, 0.25) is 0 Å². The van der Waals surface area contributed by atoms with Gasteiger partial charge < -0.3 is 10.1 Å². The van der Waals surface area contributed by atoms with Crippen molar-refractivity contribution in [3.63, 3.8) is 0 Å². The topological polar surface area (TPSA) is 39.1 Å². The van der Waals surface area contributed by atoms with Gasteiger partial charge in [0.2, 0.25) is 0 Å². The zero-order valence-electron chi connectivity index (χ0n) is 10.6. The lowest BCUT2D eigenvalue weighted by atomic mass is 10.1. The Kier molecular flexibility index (Phi) is 6.11. The number of aryl methyl sites for hydroxylation is 2. The maximum atomic E-state index is 5.46. The third-order valence-electron chi connectivity index (χ3n) is 2.56. The minimum atomic E-state index is 0.449. The minimum Gasteiger partial charge on any atom is -0.380 e. The van der Waals surface area contributed by atoms with Crippen molar-refractivity contribution in [3.05, 3.63) is 18.0 Å². The van der Waals surface area contributed by atoms with Crippen molar-refractivity contribution in [2.45, 2.75) is 32.7 Å². The molecule has 0 saturated heterocycles. The van der Waals surface area contributed by atoms with Crippen LogP contribution in [0, 0.1) is 0 Å². The van der Waals surface area contributed by atoms with Crippen LogP contribution in [-0.2, 0) is 18.2 Å². The van der Waals surface area contributed by atoms with E-state index in [2.05, 4.69) is 23.5 Å². The number of nitrogens with zero attached hydrogens (tertiary/aromatic N) is 2. The summed E-state index contributed by atoms with van der Waals surface area (Å²) in [6, 6.07) is 0.449. The Morgan fingerprint density at radius 3 is 2.88 bits per heavy atom. The first kappa shape index (κ1) is 13.2. The summed E-state index contributed by atoms with van der Waals surface area (Å²) in [4.78, 5) is 0. The fraction of sp³-hybridized carbons (Fsp3) is 0.750. The number of likely N-dealkylation sites (N-methyl/N-ethyl adjacent to an activating group) is 1. The molecule has 0 radical (unpaired) electrons. The Balaban J connectivity index is 2.30. The molecule has 0 aliphatic carbocycles. The number of aromatic nitrogens is 2. The fourth-order valence-corrected chi connectivity index (χ4v) is 1.73. The molecule has 0 fully saturated rings. The Morgan fingerprint density at radius 1 is 1.50 bits per heavy atom. The van der Waals surface area contributed by atoms with Crippen LogP contribution < -0.4 is 5.32 Å². The molecule has 1 atom stereocenters. The monoisotopic (exact) mass is 225 g/mol. The van der Waals surface area contributed by atoms with Gasteiger partial charge in [-0.3, -0.25) is 4.68 Å². The fourth-order valence-electron chi connectivity index (χ4n) is 1.73. The van der Waals surface area contributed by atoms with Crippen LogP contribution in [0.1, 0.15) is 25.8 Å². The molecule has 4 nitrogen and oxygen atoms in total. The first-order valence-electron chi connectivity index (χ1n) is 6.04. The van der Waals surface area contributed by atoms with Crippen molar-refractivity contribution < 1.29 is 4.74 Å². The molecule has 1 N–H and O–H groups in total. The van der Waals surface area contributed by atoms with Crippen LogP contribution in [0.4, 0.5) is 0 Å². The van der Waals surface area contributed by atoms with Gasteiger partial charge in [-0.1, -0.05) is 6.92 Å². The number of hydrogen-bond donors (Lipinski definition) is 1. The Labute approximate surface area is 98.0 Å². The Hall–Kier alpha value is -0.870.